The number of rotatable bonds is 6. The fourth-order valence-electron chi connectivity index (χ4n) is 2.75. The number of nitrogens with zero attached hydrogens (tertiary/aromatic N) is 1. The molecule has 2 unspecified atom stereocenters. The summed E-state index contributed by atoms with van der Waals surface area (Å²) in [7, 11) is 1.88. The number of likely N-dealkylation sites (N-methyl/N-ethyl adjacent to an activating group) is 1. The zero-order valence-electron chi connectivity index (χ0n) is 11.3. The topological polar surface area (TPSA) is 53.6 Å². The van der Waals surface area contributed by atoms with Gasteiger partial charge in [0.1, 0.15) is 0 Å². The van der Waals surface area contributed by atoms with Crippen LogP contribution in [0.2, 0.25) is 0 Å². The van der Waals surface area contributed by atoms with E-state index in [1.165, 1.54) is 25.9 Å². The molecule has 104 valence electrons. The summed E-state index contributed by atoms with van der Waals surface area (Å²) >= 11 is 0. The third kappa shape index (κ3) is 3.67. The van der Waals surface area contributed by atoms with Gasteiger partial charge in [-0.05, 0) is 45.9 Å². The van der Waals surface area contributed by atoms with Gasteiger partial charge < -0.3 is 20.3 Å². The fraction of sp³-hybridized carbons (Fsp3) is 0.923. The van der Waals surface area contributed by atoms with Crippen molar-refractivity contribution in [2.45, 2.75) is 25.3 Å². The molecule has 0 aromatic carbocycles. The SMILES string of the molecule is CNC1COCC1C(=O)NCCCN1CCCC1. The summed E-state index contributed by atoms with van der Waals surface area (Å²) in [5, 5.41) is 6.16. The number of ether oxygens (including phenoxy) is 1. The zero-order chi connectivity index (χ0) is 12.8. The average Bonchev–Trinajstić information content (AvgIpc) is 3.04. The van der Waals surface area contributed by atoms with E-state index in [1.807, 2.05) is 7.05 Å². The van der Waals surface area contributed by atoms with E-state index in [0.717, 1.165) is 19.5 Å². The summed E-state index contributed by atoms with van der Waals surface area (Å²) in [6.07, 6.45) is 3.70. The van der Waals surface area contributed by atoms with Crippen LogP contribution in [0.5, 0.6) is 0 Å². The molecule has 2 saturated heterocycles. The summed E-state index contributed by atoms with van der Waals surface area (Å²) in [4.78, 5) is 14.4. The van der Waals surface area contributed by atoms with E-state index in [2.05, 4.69) is 15.5 Å². The molecule has 18 heavy (non-hydrogen) atoms. The smallest absolute Gasteiger partial charge is 0.227 e. The molecule has 0 aromatic heterocycles. The van der Waals surface area contributed by atoms with Crippen LogP contribution in [0.15, 0.2) is 0 Å². The molecule has 2 rings (SSSR count). The van der Waals surface area contributed by atoms with Crippen LogP contribution in [0.25, 0.3) is 0 Å². The van der Waals surface area contributed by atoms with Gasteiger partial charge in [-0.2, -0.15) is 0 Å². The number of hydrogen-bond acceptors (Lipinski definition) is 4. The van der Waals surface area contributed by atoms with Gasteiger partial charge in [0.25, 0.3) is 0 Å². The van der Waals surface area contributed by atoms with E-state index in [4.69, 9.17) is 4.74 Å². The lowest BCUT2D eigenvalue weighted by Crippen LogP contribution is -2.43. The molecule has 5 nitrogen and oxygen atoms in total. The maximum Gasteiger partial charge on any atom is 0.227 e. The minimum Gasteiger partial charge on any atom is -0.379 e. The van der Waals surface area contributed by atoms with Gasteiger partial charge in [-0.15, -0.1) is 0 Å². The monoisotopic (exact) mass is 255 g/mol. The lowest BCUT2D eigenvalue weighted by Gasteiger charge is -2.17. The minimum absolute atomic E-state index is 0.0261. The second-order valence-corrected chi connectivity index (χ2v) is 5.23. The molecule has 0 spiro atoms. The fourth-order valence-corrected chi connectivity index (χ4v) is 2.75. The first kappa shape index (κ1) is 13.8. The minimum atomic E-state index is -0.0261. The molecule has 0 radical (unpaired) electrons. The molecule has 2 heterocycles. The van der Waals surface area contributed by atoms with Crippen molar-refractivity contribution in [2.24, 2.45) is 5.92 Å². The van der Waals surface area contributed by atoms with E-state index >= 15 is 0 Å². The standard InChI is InChI=1S/C13H25N3O2/c1-14-12-10-18-9-11(12)13(17)15-5-4-8-16-6-2-3-7-16/h11-12,14H,2-10H2,1H3,(H,15,17). The predicted octanol–water partition coefficient (Wildman–Crippen LogP) is -0.177. The number of hydrogen-bond donors (Lipinski definition) is 2. The first-order valence-corrected chi connectivity index (χ1v) is 7.06. The molecule has 0 aliphatic carbocycles. The van der Waals surface area contributed by atoms with Crippen molar-refractivity contribution < 1.29 is 9.53 Å². The van der Waals surface area contributed by atoms with Crippen LogP contribution in [0, 0.1) is 5.92 Å². The van der Waals surface area contributed by atoms with Gasteiger partial charge in [0.15, 0.2) is 0 Å². The maximum atomic E-state index is 12.0. The Hall–Kier alpha value is -0.650. The molecule has 2 atom stereocenters. The molecule has 2 aliphatic heterocycles. The van der Waals surface area contributed by atoms with Gasteiger partial charge in [0, 0.05) is 12.6 Å². The highest BCUT2D eigenvalue weighted by atomic mass is 16.5. The average molecular weight is 255 g/mol. The summed E-state index contributed by atoms with van der Waals surface area (Å²) in [5.74, 6) is 0.107. The van der Waals surface area contributed by atoms with Crippen LogP contribution in [0.3, 0.4) is 0 Å². The first-order valence-electron chi connectivity index (χ1n) is 7.06. The van der Waals surface area contributed by atoms with Gasteiger partial charge in [-0.3, -0.25) is 4.79 Å². The molecule has 0 aromatic rings. The predicted molar refractivity (Wildman–Crippen MR) is 70.5 cm³/mol. The van der Waals surface area contributed by atoms with Gasteiger partial charge in [0.2, 0.25) is 5.91 Å². The highest BCUT2D eigenvalue weighted by molar-refractivity contribution is 5.79. The normalized spacial score (nSPS) is 28.7. The van der Waals surface area contributed by atoms with Gasteiger partial charge >= 0.3 is 0 Å². The molecular weight excluding hydrogens is 230 g/mol. The number of nitrogens with one attached hydrogen (secondary N) is 2. The Bertz CT molecular complexity index is 267. The van der Waals surface area contributed by atoms with Crippen molar-refractivity contribution in [3.63, 3.8) is 0 Å². The largest absolute Gasteiger partial charge is 0.379 e. The number of amides is 1. The van der Waals surface area contributed by atoms with Crippen molar-refractivity contribution in [1.29, 1.82) is 0 Å². The van der Waals surface area contributed by atoms with Crippen LogP contribution in [0.1, 0.15) is 19.3 Å². The van der Waals surface area contributed by atoms with Crippen molar-refractivity contribution in [1.82, 2.24) is 15.5 Å². The molecule has 2 N–H and O–H groups in total. The number of carbonyl (C=O) groups is 1. The summed E-state index contributed by atoms with van der Waals surface area (Å²) < 4.78 is 5.34. The third-order valence-corrected chi connectivity index (χ3v) is 3.94. The first-order chi connectivity index (χ1) is 8.81. The van der Waals surface area contributed by atoms with E-state index < -0.39 is 0 Å². The highest BCUT2D eigenvalue weighted by Crippen LogP contribution is 2.13. The summed E-state index contributed by atoms with van der Waals surface area (Å²) in [6.45, 7) is 5.53. The van der Waals surface area contributed by atoms with E-state index in [9.17, 15) is 4.79 Å². The second-order valence-electron chi connectivity index (χ2n) is 5.23. The van der Waals surface area contributed by atoms with Crippen molar-refractivity contribution in [3.8, 4) is 0 Å². The van der Waals surface area contributed by atoms with Crippen LogP contribution in [-0.4, -0.2) is 63.3 Å². The Morgan fingerprint density at radius 3 is 2.83 bits per heavy atom. The number of likely N-dealkylation sites (tertiary alicyclic amines) is 1. The van der Waals surface area contributed by atoms with Crippen molar-refractivity contribution in [2.75, 3.05) is 46.4 Å². The molecule has 0 saturated carbocycles. The Morgan fingerprint density at radius 2 is 2.11 bits per heavy atom. The molecule has 2 fully saturated rings. The Morgan fingerprint density at radius 1 is 1.33 bits per heavy atom. The Labute approximate surface area is 109 Å². The van der Waals surface area contributed by atoms with E-state index in [-0.39, 0.29) is 17.9 Å². The second kappa shape index (κ2) is 7.07. The van der Waals surface area contributed by atoms with Crippen LogP contribution in [-0.2, 0) is 9.53 Å². The lowest BCUT2D eigenvalue weighted by molar-refractivity contribution is -0.125. The number of carbonyl (C=O) groups excluding carboxylic acids is 1. The van der Waals surface area contributed by atoms with Gasteiger partial charge in [-0.1, -0.05) is 0 Å². The van der Waals surface area contributed by atoms with E-state index in [1.54, 1.807) is 0 Å². The van der Waals surface area contributed by atoms with Crippen LogP contribution >= 0.6 is 0 Å². The maximum absolute atomic E-state index is 12.0. The molecule has 5 heteroatoms. The quantitative estimate of drug-likeness (QED) is 0.647. The molecule has 0 bridgehead atoms. The summed E-state index contributed by atoms with van der Waals surface area (Å²) in [6, 6.07) is 0.170. The Kier molecular flexibility index (Phi) is 5.41. The molecule has 2 aliphatic rings. The van der Waals surface area contributed by atoms with Gasteiger partial charge in [0.05, 0.1) is 19.1 Å². The zero-order valence-corrected chi connectivity index (χ0v) is 11.3. The molecular formula is C13H25N3O2. The van der Waals surface area contributed by atoms with Crippen molar-refractivity contribution >= 4 is 5.91 Å². The third-order valence-electron chi connectivity index (χ3n) is 3.94. The van der Waals surface area contributed by atoms with E-state index in [0.29, 0.717) is 13.2 Å². The van der Waals surface area contributed by atoms with Gasteiger partial charge in [-0.25, -0.2) is 0 Å². The lowest BCUT2D eigenvalue weighted by atomic mass is 10.0. The highest BCUT2D eigenvalue weighted by Gasteiger charge is 2.32. The van der Waals surface area contributed by atoms with Crippen LogP contribution in [0.4, 0.5) is 0 Å². The summed E-state index contributed by atoms with van der Waals surface area (Å²) in [5.41, 5.74) is 0. The molecule has 1 amide bonds. The van der Waals surface area contributed by atoms with Crippen LogP contribution < -0.4 is 10.6 Å². The Balaban J connectivity index is 1.59. The van der Waals surface area contributed by atoms with Crippen molar-refractivity contribution in [3.05, 3.63) is 0 Å².